The molecule has 0 atom stereocenters. The zero-order chi connectivity index (χ0) is 8.81. The van der Waals surface area contributed by atoms with Gasteiger partial charge in [-0.05, 0) is 28.0 Å². The smallest absolute Gasteiger partial charge is 0.430 e. The van der Waals surface area contributed by atoms with Gasteiger partial charge in [0.15, 0.2) is 0 Å². The number of hydrogen-bond donors (Lipinski definition) is 2. The van der Waals surface area contributed by atoms with E-state index in [2.05, 4.69) is 35.0 Å². The van der Waals surface area contributed by atoms with Crippen LogP contribution in [0.25, 0.3) is 11.1 Å². The molecular formula is C8H9BO2S. The molecule has 2 aliphatic rings. The summed E-state index contributed by atoms with van der Waals surface area (Å²) in [6.45, 7) is 0. The fraction of sp³-hybridized carbons (Fsp3) is 0. The van der Waals surface area contributed by atoms with Crippen LogP contribution < -0.4 is 0 Å². The zero-order valence-electron chi connectivity index (χ0n) is 6.47. The predicted molar refractivity (Wildman–Crippen MR) is 52.5 cm³/mol. The summed E-state index contributed by atoms with van der Waals surface area (Å²) in [7, 11) is -0.750. The molecule has 12 heavy (non-hydrogen) atoms. The van der Waals surface area contributed by atoms with Crippen LogP contribution in [0.1, 0.15) is 0 Å². The summed E-state index contributed by atoms with van der Waals surface area (Å²) in [6, 6.07) is 8.48. The maximum absolute atomic E-state index is 7.12. The lowest BCUT2D eigenvalue weighted by Gasteiger charge is -1.91. The fourth-order valence-corrected chi connectivity index (χ4v) is 1.60. The minimum Gasteiger partial charge on any atom is -0.430 e. The highest BCUT2D eigenvalue weighted by atomic mass is 32.1. The van der Waals surface area contributed by atoms with Crippen molar-refractivity contribution < 1.29 is 10.0 Å². The molecule has 1 aliphatic carbocycles. The molecule has 1 aliphatic heterocycles. The number of hydrogen-bond acceptors (Lipinski definition) is 3. The van der Waals surface area contributed by atoms with Gasteiger partial charge in [0.1, 0.15) is 0 Å². The van der Waals surface area contributed by atoms with Crippen LogP contribution in [-0.4, -0.2) is 17.7 Å². The Morgan fingerprint density at radius 2 is 1.75 bits per heavy atom. The molecule has 2 N–H and O–H groups in total. The predicted octanol–water partition coefficient (Wildman–Crippen LogP) is 1.09. The van der Waals surface area contributed by atoms with Crippen LogP contribution in [0.3, 0.4) is 0 Å². The summed E-state index contributed by atoms with van der Waals surface area (Å²) in [5, 5.41) is 18.5. The maximum atomic E-state index is 7.12. The monoisotopic (exact) mass is 180 g/mol. The van der Waals surface area contributed by atoms with E-state index in [9.17, 15) is 0 Å². The summed E-state index contributed by atoms with van der Waals surface area (Å²) in [4.78, 5) is 0. The van der Waals surface area contributed by atoms with E-state index in [4.69, 9.17) is 10.0 Å². The van der Waals surface area contributed by atoms with Gasteiger partial charge in [0.25, 0.3) is 0 Å². The molecule has 0 bridgehead atoms. The lowest BCUT2D eigenvalue weighted by Crippen LogP contribution is -1.75. The third kappa shape index (κ3) is 2.34. The molecule has 0 spiro atoms. The van der Waals surface area contributed by atoms with E-state index >= 15 is 0 Å². The minimum absolute atomic E-state index is 0.750. The van der Waals surface area contributed by atoms with Crippen LogP contribution in [0.5, 0.6) is 0 Å². The maximum Gasteiger partial charge on any atom is 0.432 e. The van der Waals surface area contributed by atoms with Gasteiger partial charge in [0.05, 0.1) is 0 Å². The van der Waals surface area contributed by atoms with Crippen molar-refractivity contribution in [2.45, 2.75) is 0 Å². The first-order valence-electron chi connectivity index (χ1n) is 3.51. The minimum atomic E-state index is -0.750. The van der Waals surface area contributed by atoms with Crippen LogP contribution >= 0.6 is 11.3 Å². The summed E-state index contributed by atoms with van der Waals surface area (Å²) >= 11 is 1.74. The van der Waals surface area contributed by atoms with Crippen molar-refractivity contribution in [3.8, 4) is 11.1 Å². The van der Waals surface area contributed by atoms with Crippen molar-refractivity contribution >= 4 is 19.0 Å². The normalized spacial score (nSPS) is 8.83. The van der Waals surface area contributed by atoms with E-state index in [0.29, 0.717) is 0 Å². The molecular weight excluding hydrogens is 171 g/mol. The Morgan fingerprint density at radius 3 is 2.42 bits per heavy atom. The highest BCUT2D eigenvalue weighted by molar-refractivity contribution is 7.07. The first-order chi connectivity index (χ1) is 5.88. The summed E-state index contributed by atoms with van der Waals surface area (Å²) < 4.78 is 0. The van der Waals surface area contributed by atoms with Crippen molar-refractivity contribution in [1.82, 2.24) is 0 Å². The van der Waals surface area contributed by atoms with Gasteiger partial charge in [0, 0.05) is 0 Å². The standard InChI is InChI=1S/C8H6S.BH3O2/c1-2-7-4-5-9-6-8(7)3-1;2-1-3/h1-6H;1-3H. The van der Waals surface area contributed by atoms with Crippen LogP contribution in [0.15, 0.2) is 35.0 Å². The number of rotatable bonds is 0. The van der Waals surface area contributed by atoms with Crippen LogP contribution in [-0.2, 0) is 0 Å². The van der Waals surface area contributed by atoms with Gasteiger partial charge in [-0.15, -0.1) is 0 Å². The van der Waals surface area contributed by atoms with Crippen molar-refractivity contribution in [3.05, 3.63) is 35.0 Å². The fourth-order valence-electron chi connectivity index (χ4n) is 0.932. The van der Waals surface area contributed by atoms with Gasteiger partial charge in [-0.2, -0.15) is 11.3 Å². The highest BCUT2D eigenvalue weighted by Crippen LogP contribution is 2.23. The van der Waals surface area contributed by atoms with Gasteiger partial charge in [-0.3, -0.25) is 0 Å². The van der Waals surface area contributed by atoms with E-state index in [1.807, 2.05) is 0 Å². The van der Waals surface area contributed by atoms with E-state index in [1.165, 1.54) is 11.1 Å². The molecule has 0 aromatic heterocycles. The van der Waals surface area contributed by atoms with Gasteiger partial charge in [0.2, 0.25) is 0 Å². The molecule has 0 unspecified atom stereocenters. The topological polar surface area (TPSA) is 40.5 Å². The first kappa shape index (κ1) is 9.25. The molecule has 2 rings (SSSR count). The van der Waals surface area contributed by atoms with Gasteiger partial charge in [-0.25, -0.2) is 0 Å². The summed E-state index contributed by atoms with van der Waals surface area (Å²) in [5.74, 6) is 0. The van der Waals surface area contributed by atoms with Crippen LogP contribution in [0.4, 0.5) is 0 Å². The average molecular weight is 180 g/mol. The molecule has 0 saturated heterocycles. The Bertz CT molecular complexity index is 270. The number of fused-ring (bicyclic) bond motifs is 1. The molecule has 0 radical (unpaired) electrons. The second-order valence-corrected chi connectivity index (χ2v) is 2.91. The Morgan fingerprint density at radius 1 is 1.08 bits per heavy atom. The third-order valence-corrected chi connectivity index (χ3v) is 2.09. The highest BCUT2D eigenvalue weighted by Gasteiger charge is 1.96. The quantitative estimate of drug-likeness (QED) is 0.595. The molecule has 4 heteroatoms. The molecule has 62 valence electrons. The van der Waals surface area contributed by atoms with E-state index in [-0.39, 0.29) is 0 Å². The van der Waals surface area contributed by atoms with Crippen molar-refractivity contribution in [3.63, 3.8) is 0 Å². The Kier molecular flexibility index (Phi) is 3.80. The van der Waals surface area contributed by atoms with Crippen molar-refractivity contribution in [2.24, 2.45) is 0 Å². The Labute approximate surface area is 75.8 Å². The van der Waals surface area contributed by atoms with Gasteiger partial charge >= 0.3 is 7.69 Å². The molecule has 0 aromatic rings. The Balaban J connectivity index is 0.000000213. The average Bonchev–Trinajstić information content (AvgIpc) is 2.52. The first-order valence-corrected chi connectivity index (χ1v) is 4.45. The van der Waals surface area contributed by atoms with E-state index < -0.39 is 7.69 Å². The third-order valence-electron chi connectivity index (χ3n) is 1.41. The SMILES string of the molecule is OBO.c1cc2ccscc-2c1. The molecule has 0 fully saturated rings. The summed E-state index contributed by atoms with van der Waals surface area (Å²) in [6.07, 6.45) is 0. The second-order valence-electron chi connectivity index (χ2n) is 2.13. The summed E-state index contributed by atoms with van der Waals surface area (Å²) in [5.41, 5.74) is 2.69. The molecule has 0 saturated carbocycles. The van der Waals surface area contributed by atoms with Gasteiger partial charge < -0.3 is 10.0 Å². The van der Waals surface area contributed by atoms with Crippen LogP contribution in [0, 0.1) is 0 Å². The second kappa shape index (κ2) is 4.93. The Hall–Kier alpha value is -0.835. The lowest BCUT2D eigenvalue weighted by atomic mass is 10.2. The zero-order valence-corrected chi connectivity index (χ0v) is 7.29. The molecule has 1 heterocycles. The molecule has 2 nitrogen and oxygen atoms in total. The largest absolute Gasteiger partial charge is 0.432 e. The van der Waals surface area contributed by atoms with E-state index in [1.54, 1.807) is 11.3 Å². The van der Waals surface area contributed by atoms with Crippen molar-refractivity contribution in [2.75, 3.05) is 0 Å². The van der Waals surface area contributed by atoms with Crippen LogP contribution in [0.2, 0.25) is 0 Å². The van der Waals surface area contributed by atoms with Crippen molar-refractivity contribution in [1.29, 1.82) is 0 Å². The molecule has 0 amide bonds. The van der Waals surface area contributed by atoms with E-state index in [0.717, 1.165) is 0 Å². The molecule has 0 aromatic carbocycles. The van der Waals surface area contributed by atoms with Gasteiger partial charge in [-0.1, -0.05) is 18.2 Å². The lowest BCUT2D eigenvalue weighted by molar-refractivity contribution is 0.448.